The molecule has 0 atom stereocenters. The van der Waals surface area contributed by atoms with Crippen LogP contribution in [0.4, 0.5) is 4.39 Å². The molecular weight excluding hydrogens is 498 g/mol. The molecule has 2 heterocycles. The van der Waals surface area contributed by atoms with Crippen LogP contribution in [0.15, 0.2) is 82.7 Å². The van der Waals surface area contributed by atoms with Gasteiger partial charge in [-0.1, -0.05) is 72.0 Å². The molecule has 0 saturated carbocycles. The molecule has 0 fully saturated rings. The van der Waals surface area contributed by atoms with Gasteiger partial charge in [0, 0.05) is 11.4 Å². The first-order chi connectivity index (χ1) is 16.9. The van der Waals surface area contributed by atoms with Gasteiger partial charge >= 0.3 is 0 Å². The average molecular weight is 520 g/mol. The van der Waals surface area contributed by atoms with E-state index in [1.165, 1.54) is 40.8 Å². The Kier molecular flexibility index (Phi) is 6.69. The second kappa shape index (κ2) is 9.89. The molecule has 176 valence electrons. The minimum atomic E-state index is -0.288. The Morgan fingerprint density at radius 2 is 1.66 bits per heavy atom. The van der Waals surface area contributed by atoms with Gasteiger partial charge in [-0.3, -0.25) is 13.9 Å². The van der Waals surface area contributed by atoms with E-state index in [9.17, 15) is 9.18 Å². The van der Waals surface area contributed by atoms with Crippen LogP contribution in [0.2, 0.25) is 0 Å². The van der Waals surface area contributed by atoms with Crippen molar-refractivity contribution in [2.75, 3.05) is 0 Å². The maximum Gasteiger partial charge on any atom is 0.278 e. The summed E-state index contributed by atoms with van der Waals surface area (Å²) in [5.74, 6) is 0.182. The van der Waals surface area contributed by atoms with Gasteiger partial charge in [-0.15, -0.1) is 0 Å². The molecule has 2 aromatic heterocycles. The van der Waals surface area contributed by atoms with E-state index >= 15 is 0 Å². The number of aromatic nitrogens is 3. The molecule has 5 aromatic rings. The summed E-state index contributed by atoms with van der Waals surface area (Å²) >= 11 is 8.35. The molecule has 0 bridgehead atoms. The Bertz CT molecular complexity index is 1630. The topological polar surface area (TPSA) is 39.8 Å². The number of hydrogen-bond donors (Lipinski definition) is 0. The number of aryl methyl sites for hydroxylation is 2. The van der Waals surface area contributed by atoms with E-state index in [0.29, 0.717) is 25.2 Å². The summed E-state index contributed by atoms with van der Waals surface area (Å²) < 4.78 is 18.3. The second-order valence-electron chi connectivity index (χ2n) is 8.17. The van der Waals surface area contributed by atoms with Crippen molar-refractivity contribution in [3.05, 3.63) is 110 Å². The van der Waals surface area contributed by atoms with E-state index in [0.717, 1.165) is 28.9 Å². The Balaban J connectivity index is 1.70. The molecule has 0 aliphatic heterocycles. The number of rotatable bonds is 6. The van der Waals surface area contributed by atoms with Crippen LogP contribution in [0.5, 0.6) is 0 Å². The third kappa shape index (κ3) is 4.74. The van der Waals surface area contributed by atoms with Gasteiger partial charge in [-0.2, -0.15) is 0 Å². The maximum absolute atomic E-state index is 13.8. The van der Waals surface area contributed by atoms with Gasteiger partial charge in [0.15, 0.2) is 14.8 Å². The lowest BCUT2D eigenvalue weighted by Crippen LogP contribution is -2.21. The Morgan fingerprint density at radius 3 is 2.34 bits per heavy atom. The number of thioether (sulfide) groups is 1. The smallest absolute Gasteiger partial charge is 0.275 e. The van der Waals surface area contributed by atoms with Crippen molar-refractivity contribution in [2.24, 2.45) is 0 Å². The fourth-order valence-electron chi connectivity index (χ4n) is 3.84. The molecule has 5 rings (SSSR count). The summed E-state index contributed by atoms with van der Waals surface area (Å²) in [6.45, 7) is 4.11. The van der Waals surface area contributed by atoms with Gasteiger partial charge < -0.3 is 0 Å². The number of hydrogen-bond acceptors (Lipinski definition) is 5. The van der Waals surface area contributed by atoms with Gasteiger partial charge in [0.05, 0.1) is 5.69 Å². The van der Waals surface area contributed by atoms with Crippen molar-refractivity contribution in [3.63, 3.8) is 0 Å². The second-order valence-corrected chi connectivity index (χ2v) is 10.8. The van der Waals surface area contributed by atoms with Gasteiger partial charge in [-0.05, 0) is 73.1 Å². The molecule has 35 heavy (non-hydrogen) atoms. The first kappa shape index (κ1) is 23.7. The molecule has 0 unspecified atom stereocenters. The molecule has 0 aliphatic carbocycles. The molecule has 0 aliphatic rings. The molecular formula is C27H22FN3OS3. The normalized spacial score (nSPS) is 11.3. The molecule has 8 heteroatoms. The molecule has 0 amide bonds. The SMILES string of the molecule is CCc1ccc(-n2c(=S)sc3c(=O)n(-c4ccc(C)cc4)c(SCc4cccc(F)c4)nc32)cc1. The lowest BCUT2D eigenvalue weighted by molar-refractivity contribution is 0.626. The number of thiazole rings is 1. The molecule has 4 nitrogen and oxygen atoms in total. The lowest BCUT2D eigenvalue weighted by atomic mass is 10.1. The maximum atomic E-state index is 13.8. The summed E-state index contributed by atoms with van der Waals surface area (Å²) in [6, 6.07) is 22.4. The highest BCUT2D eigenvalue weighted by molar-refractivity contribution is 7.98. The van der Waals surface area contributed by atoms with Crippen molar-refractivity contribution in [3.8, 4) is 11.4 Å². The van der Waals surface area contributed by atoms with Crippen molar-refractivity contribution in [1.29, 1.82) is 0 Å². The minimum Gasteiger partial charge on any atom is -0.275 e. The zero-order valence-corrected chi connectivity index (χ0v) is 21.6. The van der Waals surface area contributed by atoms with Gasteiger partial charge in [-0.25, -0.2) is 9.37 Å². The fourth-order valence-corrected chi connectivity index (χ4v) is 6.09. The van der Waals surface area contributed by atoms with Gasteiger partial charge in [0.2, 0.25) is 0 Å². The first-order valence-electron chi connectivity index (χ1n) is 11.2. The first-order valence-corrected chi connectivity index (χ1v) is 13.4. The summed E-state index contributed by atoms with van der Waals surface area (Å²) in [5, 5.41) is 0.530. The monoisotopic (exact) mass is 519 g/mol. The average Bonchev–Trinajstić information content (AvgIpc) is 3.20. The van der Waals surface area contributed by atoms with E-state index < -0.39 is 0 Å². The molecule has 0 saturated heterocycles. The highest BCUT2D eigenvalue weighted by Gasteiger charge is 2.19. The number of nitrogens with zero attached hydrogens (tertiary/aromatic N) is 3. The lowest BCUT2D eigenvalue weighted by Gasteiger charge is -2.13. The van der Waals surface area contributed by atoms with Crippen LogP contribution in [-0.4, -0.2) is 14.1 Å². The van der Waals surface area contributed by atoms with Crippen LogP contribution in [0.25, 0.3) is 21.7 Å². The summed E-state index contributed by atoms with van der Waals surface area (Å²) in [7, 11) is 0. The quantitative estimate of drug-likeness (QED) is 0.134. The fraction of sp³-hybridized carbons (Fsp3) is 0.148. The van der Waals surface area contributed by atoms with Crippen LogP contribution >= 0.6 is 35.3 Å². The van der Waals surface area contributed by atoms with Crippen LogP contribution in [-0.2, 0) is 12.2 Å². The van der Waals surface area contributed by atoms with Gasteiger partial charge in [0.25, 0.3) is 5.56 Å². The highest BCUT2D eigenvalue weighted by atomic mass is 32.2. The Morgan fingerprint density at radius 1 is 0.971 bits per heavy atom. The van der Waals surface area contributed by atoms with E-state index in [2.05, 4.69) is 19.1 Å². The van der Waals surface area contributed by atoms with Crippen LogP contribution < -0.4 is 5.56 Å². The molecule has 0 N–H and O–H groups in total. The van der Waals surface area contributed by atoms with E-state index in [1.807, 2.05) is 54.0 Å². The predicted molar refractivity (Wildman–Crippen MR) is 145 cm³/mol. The van der Waals surface area contributed by atoms with Gasteiger partial charge in [0.1, 0.15) is 10.5 Å². The van der Waals surface area contributed by atoms with Crippen molar-refractivity contribution in [2.45, 2.75) is 31.2 Å². The largest absolute Gasteiger partial charge is 0.278 e. The number of halogens is 1. The molecule has 0 spiro atoms. The summed E-state index contributed by atoms with van der Waals surface area (Å²) in [6.07, 6.45) is 0.941. The summed E-state index contributed by atoms with van der Waals surface area (Å²) in [5.41, 5.74) is 5.12. The zero-order valence-electron chi connectivity index (χ0n) is 19.2. The van der Waals surface area contributed by atoms with Crippen LogP contribution in [0.3, 0.4) is 0 Å². The Hall–Kier alpha value is -3.07. The third-order valence-electron chi connectivity index (χ3n) is 5.73. The van der Waals surface area contributed by atoms with Crippen molar-refractivity contribution in [1.82, 2.24) is 14.1 Å². The Labute approximate surface area is 215 Å². The highest BCUT2D eigenvalue weighted by Crippen LogP contribution is 2.29. The predicted octanol–water partition coefficient (Wildman–Crippen LogP) is 7.27. The van der Waals surface area contributed by atoms with E-state index in [1.54, 1.807) is 10.6 Å². The zero-order chi connectivity index (χ0) is 24.5. The molecule has 0 radical (unpaired) electrons. The molecule has 3 aromatic carbocycles. The van der Waals surface area contributed by atoms with Crippen LogP contribution in [0, 0.1) is 16.7 Å². The van der Waals surface area contributed by atoms with E-state index in [4.69, 9.17) is 17.2 Å². The van der Waals surface area contributed by atoms with Crippen molar-refractivity contribution < 1.29 is 4.39 Å². The number of fused-ring (bicyclic) bond motifs is 1. The standard InChI is InChI=1S/C27H22FN3OS3/c1-3-18-9-13-21(14-10-18)30-24-23(35-27(30)33)25(32)31(22-11-7-17(2)8-12-22)26(29-24)34-16-19-5-4-6-20(28)15-19/h4-15H,3,16H2,1-2H3. The van der Waals surface area contributed by atoms with Crippen LogP contribution in [0.1, 0.15) is 23.6 Å². The number of benzene rings is 3. The summed E-state index contributed by atoms with van der Waals surface area (Å²) in [4.78, 5) is 18.7. The minimum absolute atomic E-state index is 0.166. The van der Waals surface area contributed by atoms with Crippen molar-refractivity contribution >= 4 is 45.7 Å². The third-order valence-corrected chi connectivity index (χ3v) is 8.09. The van der Waals surface area contributed by atoms with E-state index in [-0.39, 0.29) is 11.4 Å².